The summed E-state index contributed by atoms with van der Waals surface area (Å²) in [4.78, 5) is 33.2. The summed E-state index contributed by atoms with van der Waals surface area (Å²) in [6.45, 7) is 6.51. The van der Waals surface area contributed by atoms with Gasteiger partial charge in [0.2, 0.25) is 5.91 Å². The van der Waals surface area contributed by atoms with Crippen molar-refractivity contribution in [2.45, 2.75) is 6.42 Å². The Morgan fingerprint density at radius 3 is 2.33 bits per heavy atom. The second kappa shape index (κ2) is 9.19. The number of ether oxygens (including phenoxy) is 1. The SMILES string of the molecule is CN(C)c1cccc(C(=O)N2CCN(C(=O)CCN3CCOCC3)CC2)c1. The highest BCUT2D eigenvalue weighted by Crippen LogP contribution is 2.16. The Morgan fingerprint density at radius 2 is 1.67 bits per heavy atom. The predicted octanol–water partition coefficient (Wildman–Crippen LogP) is 0.759. The van der Waals surface area contributed by atoms with Crippen LogP contribution in [0.4, 0.5) is 5.69 Å². The Balaban J connectivity index is 1.47. The van der Waals surface area contributed by atoms with E-state index in [-0.39, 0.29) is 11.8 Å². The fraction of sp³-hybridized carbons (Fsp3) is 0.600. The normalized spacial score (nSPS) is 18.4. The lowest BCUT2D eigenvalue weighted by Gasteiger charge is -2.35. The second-order valence-corrected chi connectivity index (χ2v) is 7.32. The third-order valence-corrected chi connectivity index (χ3v) is 5.27. The van der Waals surface area contributed by atoms with E-state index in [0.717, 1.165) is 38.5 Å². The van der Waals surface area contributed by atoms with E-state index in [1.54, 1.807) is 0 Å². The van der Waals surface area contributed by atoms with Crippen LogP contribution in [0.1, 0.15) is 16.8 Å². The summed E-state index contributed by atoms with van der Waals surface area (Å²) in [5.74, 6) is 0.224. The van der Waals surface area contributed by atoms with Crippen molar-refractivity contribution in [2.24, 2.45) is 0 Å². The maximum atomic E-state index is 12.8. The minimum atomic E-state index is 0.0408. The van der Waals surface area contributed by atoms with Gasteiger partial charge < -0.3 is 19.4 Å². The van der Waals surface area contributed by atoms with Crippen molar-refractivity contribution < 1.29 is 14.3 Å². The van der Waals surface area contributed by atoms with Crippen LogP contribution in [0.25, 0.3) is 0 Å². The molecule has 3 rings (SSSR count). The van der Waals surface area contributed by atoms with Gasteiger partial charge in [0.15, 0.2) is 0 Å². The summed E-state index contributed by atoms with van der Waals surface area (Å²) in [6.07, 6.45) is 0.541. The molecular formula is C20H30N4O3. The molecule has 1 aromatic carbocycles. The van der Waals surface area contributed by atoms with Crippen LogP contribution in [0.2, 0.25) is 0 Å². The average molecular weight is 374 g/mol. The van der Waals surface area contributed by atoms with Crippen LogP contribution in [-0.4, -0.2) is 99.6 Å². The van der Waals surface area contributed by atoms with Crippen molar-refractivity contribution in [2.75, 3.05) is 78.0 Å². The minimum absolute atomic E-state index is 0.0408. The first-order valence-corrected chi connectivity index (χ1v) is 9.69. The first-order valence-electron chi connectivity index (χ1n) is 9.69. The first kappa shape index (κ1) is 19.6. The third-order valence-electron chi connectivity index (χ3n) is 5.27. The zero-order valence-corrected chi connectivity index (χ0v) is 16.4. The number of rotatable bonds is 5. The largest absolute Gasteiger partial charge is 0.379 e. The van der Waals surface area contributed by atoms with Gasteiger partial charge >= 0.3 is 0 Å². The van der Waals surface area contributed by atoms with Gasteiger partial charge in [-0.1, -0.05) is 6.07 Å². The van der Waals surface area contributed by atoms with Gasteiger partial charge in [-0.25, -0.2) is 0 Å². The van der Waals surface area contributed by atoms with Gasteiger partial charge in [-0.15, -0.1) is 0 Å². The summed E-state index contributed by atoms with van der Waals surface area (Å²) >= 11 is 0. The van der Waals surface area contributed by atoms with Crippen molar-refractivity contribution in [3.05, 3.63) is 29.8 Å². The first-order chi connectivity index (χ1) is 13.0. The summed E-state index contributed by atoms with van der Waals surface area (Å²) in [6, 6.07) is 7.67. The maximum absolute atomic E-state index is 12.8. The fourth-order valence-electron chi connectivity index (χ4n) is 3.50. The van der Waals surface area contributed by atoms with E-state index in [1.807, 2.05) is 53.1 Å². The highest BCUT2D eigenvalue weighted by Gasteiger charge is 2.25. The number of morpholine rings is 1. The van der Waals surface area contributed by atoms with E-state index in [2.05, 4.69) is 4.90 Å². The molecule has 0 aromatic heterocycles. The summed E-state index contributed by atoms with van der Waals surface area (Å²) in [5.41, 5.74) is 1.71. The van der Waals surface area contributed by atoms with Gasteiger partial charge in [-0.3, -0.25) is 14.5 Å². The lowest BCUT2D eigenvalue weighted by Crippen LogP contribution is -2.51. The quantitative estimate of drug-likeness (QED) is 0.762. The van der Waals surface area contributed by atoms with Gasteiger partial charge in [-0.2, -0.15) is 0 Å². The van der Waals surface area contributed by atoms with Crippen molar-refractivity contribution in [3.63, 3.8) is 0 Å². The molecule has 0 spiro atoms. The number of benzene rings is 1. The van der Waals surface area contributed by atoms with Gasteiger partial charge in [0.1, 0.15) is 0 Å². The summed E-state index contributed by atoms with van der Waals surface area (Å²) < 4.78 is 5.34. The zero-order chi connectivity index (χ0) is 19.2. The number of hydrogen-bond acceptors (Lipinski definition) is 5. The van der Waals surface area contributed by atoms with Crippen LogP contribution >= 0.6 is 0 Å². The molecule has 2 saturated heterocycles. The highest BCUT2D eigenvalue weighted by molar-refractivity contribution is 5.95. The van der Waals surface area contributed by atoms with E-state index in [0.29, 0.717) is 38.2 Å². The van der Waals surface area contributed by atoms with Gasteiger partial charge in [0, 0.05) is 77.6 Å². The van der Waals surface area contributed by atoms with Crippen molar-refractivity contribution >= 4 is 17.5 Å². The lowest BCUT2D eigenvalue weighted by atomic mass is 10.1. The third kappa shape index (κ3) is 5.20. The molecule has 2 amide bonds. The molecular weight excluding hydrogens is 344 g/mol. The number of carbonyl (C=O) groups is 2. The van der Waals surface area contributed by atoms with Gasteiger partial charge in [0.05, 0.1) is 13.2 Å². The molecule has 7 heteroatoms. The molecule has 0 aliphatic carbocycles. The van der Waals surface area contributed by atoms with Crippen LogP contribution in [-0.2, 0) is 9.53 Å². The lowest BCUT2D eigenvalue weighted by molar-refractivity contribution is -0.133. The number of hydrogen-bond donors (Lipinski definition) is 0. The molecule has 0 N–H and O–H groups in total. The Bertz CT molecular complexity index is 650. The topological polar surface area (TPSA) is 56.3 Å². The van der Waals surface area contributed by atoms with Gasteiger partial charge in [-0.05, 0) is 18.2 Å². The zero-order valence-electron chi connectivity index (χ0n) is 16.4. The second-order valence-electron chi connectivity index (χ2n) is 7.32. The fourth-order valence-corrected chi connectivity index (χ4v) is 3.50. The monoisotopic (exact) mass is 374 g/mol. The van der Waals surface area contributed by atoms with Crippen LogP contribution in [0.15, 0.2) is 24.3 Å². The Kier molecular flexibility index (Phi) is 6.68. The molecule has 0 radical (unpaired) electrons. The highest BCUT2D eigenvalue weighted by atomic mass is 16.5. The number of anilines is 1. The molecule has 148 valence electrons. The van der Waals surface area contributed by atoms with E-state index in [1.165, 1.54) is 0 Å². The molecule has 0 atom stereocenters. The molecule has 2 heterocycles. The number of piperazine rings is 1. The molecule has 0 saturated carbocycles. The van der Waals surface area contributed by atoms with Crippen molar-refractivity contribution in [3.8, 4) is 0 Å². The minimum Gasteiger partial charge on any atom is -0.379 e. The summed E-state index contributed by atoms with van der Waals surface area (Å²) in [7, 11) is 3.93. The van der Waals surface area contributed by atoms with Crippen LogP contribution < -0.4 is 4.90 Å². The predicted molar refractivity (Wildman–Crippen MR) is 105 cm³/mol. The van der Waals surface area contributed by atoms with E-state index >= 15 is 0 Å². The maximum Gasteiger partial charge on any atom is 0.254 e. The standard InChI is InChI=1S/C20H30N4O3/c1-21(2)18-5-3-4-17(16-18)20(26)24-10-8-23(9-11-24)19(25)6-7-22-12-14-27-15-13-22/h3-5,16H,6-15H2,1-2H3. The van der Waals surface area contributed by atoms with Crippen LogP contribution in [0, 0.1) is 0 Å². The molecule has 0 unspecified atom stereocenters. The molecule has 2 aliphatic rings. The smallest absolute Gasteiger partial charge is 0.254 e. The molecule has 1 aromatic rings. The average Bonchev–Trinajstić information content (AvgIpc) is 2.72. The number of amides is 2. The summed E-state index contributed by atoms with van der Waals surface area (Å²) in [5, 5.41) is 0. The number of carbonyl (C=O) groups excluding carboxylic acids is 2. The van der Waals surface area contributed by atoms with Crippen molar-refractivity contribution in [1.82, 2.24) is 14.7 Å². The van der Waals surface area contributed by atoms with Crippen LogP contribution in [0.3, 0.4) is 0 Å². The Morgan fingerprint density at radius 1 is 1.00 bits per heavy atom. The molecule has 27 heavy (non-hydrogen) atoms. The molecule has 0 bridgehead atoms. The molecule has 2 aliphatic heterocycles. The Labute approximate surface area is 161 Å². The van der Waals surface area contributed by atoms with Gasteiger partial charge in [0.25, 0.3) is 5.91 Å². The molecule has 7 nitrogen and oxygen atoms in total. The number of nitrogens with zero attached hydrogens (tertiary/aromatic N) is 4. The van der Waals surface area contributed by atoms with Crippen LogP contribution in [0.5, 0.6) is 0 Å². The van der Waals surface area contributed by atoms with Crippen molar-refractivity contribution in [1.29, 1.82) is 0 Å². The molecule has 2 fully saturated rings. The van der Waals surface area contributed by atoms with E-state index < -0.39 is 0 Å². The van der Waals surface area contributed by atoms with E-state index in [4.69, 9.17) is 4.74 Å². The Hall–Kier alpha value is -2.12. The van der Waals surface area contributed by atoms with E-state index in [9.17, 15) is 9.59 Å².